The van der Waals surface area contributed by atoms with Gasteiger partial charge in [0.15, 0.2) is 5.82 Å². The Morgan fingerprint density at radius 2 is 1.91 bits per heavy atom. The Balaban J connectivity index is 2.32. The summed E-state index contributed by atoms with van der Waals surface area (Å²) < 4.78 is 2.16. The quantitative estimate of drug-likeness (QED) is 0.768. The van der Waals surface area contributed by atoms with Crippen molar-refractivity contribution >= 4 is 27.6 Å². The number of aromatic nitrogens is 3. The molecule has 0 saturated heterocycles. The van der Waals surface area contributed by atoms with E-state index in [1.807, 2.05) is 12.1 Å². The van der Waals surface area contributed by atoms with Gasteiger partial charge in [0.05, 0.1) is 5.52 Å². The van der Waals surface area contributed by atoms with Gasteiger partial charge in [-0.1, -0.05) is 52.3 Å². The van der Waals surface area contributed by atoms with Gasteiger partial charge in [0.2, 0.25) is 0 Å². The van der Waals surface area contributed by atoms with Crippen LogP contribution in [-0.2, 0) is 13.0 Å². The van der Waals surface area contributed by atoms with Crippen molar-refractivity contribution in [3.05, 3.63) is 30.0 Å². The normalized spacial score (nSPS) is 12.3. The molecular formula is C19H26N4. The maximum atomic E-state index is 6.21. The van der Waals surface area contributed by atoms with Gasteiger partial charge in [-0.2, -0.15) is 5.10 Å². The first-order valence-electron chi connectivity index (χ1n) is 8.44. The van der Waals surface area contributed by atoms with Gasteiger partial charge in [0, 0.05) is 23.0 Å². The molecule has 0 atom stereocenters. The second-order valence-corrected chi connectivity index (χ2v) is 7.50. The molecule has 0 aliphatic rings. The van der Waals surface area contributed by atoms with Gasteiger partial charge < -0.3 is 5.73 Å². The van der Waals surface area contributed by atoms with E-state index in [1.165, 1.54) is 11.1 Å². The highest BCUT2D eigenvalue weighted by Crippen LogP contribution is 2.33. The molecule has 1 aromatic carbocycles. The number of hydrogen-bond donors (Lipinski definition) is 1. The first kappa shape index (κ1) is 15.8. The Morgan fingerprint density at radius 3 is 2.61 bits per heavy atom. The van der Waals surface area contributed by atoms with E-state index in [-0.39, 0.29) is 5.41 Å². The van der Waals surface area contributed by atoms with Crippen molar-refractivity contribution in [2.45, 2.75) is 53.5 Å². The van der Waals surface area contributed by atoms with Crippen LogP contribution in [0.3, 0.4) is 0 Å². The Kier molecular flexibility index (Phi) is 4.00. The Morgan fingerprint density at radius 1 is 1.17 bits per heavy atom. The van der Waals surface area contributed by atoms with Crippen molar-refractivity contribution in [1.29, 1.82) is 0 Å². The summed E-state index contributed by atoms with van der Waals surface area (Å²) in [6.07, 6.45) is 3.25. The molecule has 2 heterocycles. The van der Waals surface area contributed by atoms with Gasteiger partial charge >= 0.3 is 0 Å². The van der Waals surface area contributed by atoms with Crippen molar-refractivity contribution in [3.8, 4) is 0 Å². The number of nitrogens with zero attached hydrogens (tertiary/aromatic N) is 3. The number of para-hydroxylation sites is 1. The minimum absolute atomic E-state index is 0.191. The van der Waals surface area contributed by atoms with Crippen LogP contribution >= 0.6 is 0 Å². The third-order valence-corrected chi connectivity index (χ3v) is 4.14. The van der Waals surface area contributed by atoms with Gasteiger partial charge in [0.25, 0.3) is 0 Å². The molecule has 2 aromatic heterocycles. The van der Waals surface area contributed by atoms with Crippen LogP contribution in [0.15, 0.2) is 24.3 Å². The number of rotatable bonds is 4. The molecule has 0 spiro atoms. The molecule has 4 nitrogen and oxygen atoms in total. The monoisotopic (exact) mass is 310 g/mol. The summed E-state index contributed by atoms with van der Waals surface area (Å²) in [5.74, 6) is 0.532. The first-order valence-corrected chi connectivity index (χ1v) is 8.44. The van der Waals surface area contributed by atoms with E-state index in [1.54, 1.807) is 0 Å². The smallest absolute Gasteiger partial charge is 0.152 e. The largest absolute Gasteiger partial charge is 0.382 e. The summed E-state index contributed by atoms with van der Waals surface area (Å²) in [6, 6.07) is 8.22. The minimum Gasteiger partial charge on any atom is -0.382 e. The highest BCUT2D eigenvalue weighted by Gasteiger charge is 2.22. The SMILES string of the molecule is CCCCn1nc2c(N)nc3ccccc3c2c1CC(C)(C)C. The molecule has 122 valence electrons. The number of hydrogen-bond acceptors (Lipinski definition) is 3. The molecular weight excluding hydrogens is 284 g/mol. The van der Waals surface area contributed by atoms with E-state index in [2.05, 4.69) is 49.5 Å². The number of unbranched alkanes of at least 4 members (excludes halogenated alkanes) is 1. The van der Waals surface area contributed by atoms with Crippen molar-refractivity contribution in [2.24, 2.45) is 5.41 Å². The number of benzene rings is 1. The third-order valence-electron chi connectivity index (χ3n) is 4.14. The Labute approximate surface area is 137 Å². The van der Waals surface area contributed by atoms with E-state index < -0.39 is 0 Å². The zero-order valence-electron chi connectivity index (χ0n) is 14.6. The van der Waals surface area contributed by atoms with E-state index in [4.69, 9.17) is 10.8 Å². The molecule has 0 aliphatic heterocycles. The number of pyridine rings is 1. The first-order chi connectivity index (χ1) is 10.9. The summed E-state index contributed by atoms with van der Waals surface area (Å²) in [4.78, 5) is 4.54. The van der Waals surface area contributed by atoms with Gasteiger partial charge in [0.1, 0.15) is 5.52 Å². The summed E-state index contributed by atoms with van der Waals surface area (Å²) in [7, 11) is 0. The number of anilines is 1. The van der Waals surface area contributed by atoms with Gasteiger partial charge in [-0.05, 0) is 24.3 Å². The summed E-state index contributed by atoms with van der Waals surface area (Å²) >= 11 is 0. The van der Waals surface area contributed by atoms with Crippen molar-refractivity contribution in [2.75, 3.05) is 5.73 Å². The van der Waals surface area contributed by atoms with Gasteiger partial charge in [-0.3, -0.25) is 4.68 Å². The van der Waals surface area contributed by atoms with Crippen LogP contribution in [0.5, 0.6) is 0 Å². The number of nitrogens with two attached hydrogens (primary N) is 1. The molecule has 0 radical (unpaired) electrons. The number of nitrogen functional groups attached to an aromatic ring is 1. The Hall–Kier alpha value is -2.10. The lowest BCUT2D eigenvalue weighted by molar-refractivity contribution is 0.392. The summed E-state index contributed by atoms with van der Waals surface area (Å²) in [5.41, 5.74) is 9.48. The van der Waals surface area contributed by atoms with E-state index in [9.17, 15) is 0 Å². The molecule has 3 aromatic rings. The highest BCUT2D eigenvalue weighted by molar-refractivity contribution is 6.09. The third kappa shape index (κ3) is 3.03. The second kappa shape index (κ2) is 5.84. The van der Waals surface area contributed by atoms with Gasteiger partial charge in [-0.25, -0.2) is 4.98 Å². The molecule has 0 fully saturated rings. The molecule has 3 rings (SSSR count). The lowest BCUT2D eigenvalue weighted by atomic mass is 9.89. The summed E-state index contributed by atoms with van der Waals surface area (Å²) in [5, 5.41) is 7.14. The van der Waals surface area contributed by atoms with E-state index in [0.717, 1.165) is 42.2 Å². The standard InChI is InChI=1S/C19H26N4/c1-5-6-11-23-15(12-19(2,3)4)16-13-9-7-8-10-14(13)21-18(20)17(16)22-23/h7-10H,5-6,11-12H2,1-4H3,(H2,20,21). The van der Waals surface area contributed by atoms with Crippen LogP contribution in [0, 0.1) is 5.41 Å². The molecule has 2 N–H and O–H groups in total. The fourth-order valence-corrected chi connectivity index (χ4v) is 3.10. The molecule has 23 heavy (non-hydrogen) atoms. The van der Waals surface area contributed by atoms with Crippen molar-refractivity contribution in [3.63, 3.8) is 0 Å². The number of fused-ring (bicyclic) bond motifs is 3. The van der Waals surface area contributed by atoms with Crippen LogP contribution in [0.25, 0.3) is 21.8 Å². The molecule has 0 unspecified atom stereocenters. The van der Waals surface area contributed by atoms with Crippen molar-refractivity contribution in [1.82, 2.24) is 14.8 Å². The molecule has 0 aliphatic carbocycles. The van der Waals surface area contributed by atoms with Crippen molar-refractivity contribution < 1.29 is 0 Å². The zero-order chi connectivity index (χ0) is 16.6. The van der Waals surface area contributed by atoms with Gasteiger partial charge in [-0.15, -0.1) is 0 Å². The number of aryl methyl sites for hydroxylation is 1. The predicted octanol–water partition coefficient (Wildman–Crippen LogP) is 4.56. The summed E-state index contributed by atoms with van der Waals surface area (Å²) in [6.45, 7) is 9.94. The second-order valence-electron chi connectivity index (χ2n) is 7.50. The van der Waals surface area contributed by atoms with E-state index >= 15 is 0 Å². The molecule has 0 saturated carbocycles. The predicted molar refractivity (Wildman–Crippen MR) is 97.5 cm³/mol. The topological polar surface area (TPSA) is 56.7 Å². The lowest BCUT2D eigenvalue weighted by Gasteiger charge is -2.19. The van der Waals surface area contributed by atoms with Crippen LogP contribution in [0.2, 0.25) is 0 Å². The van der Waals surface area contributed by atoms with Crippen LogP contribution < -0.4 is 5.73 Å². The molecule has 4 heteroatoms. The zero-order valence-corrected chi connectivity index (χ0v) is 14.6. The molecule has 0 bridgehead atoms. The minimum atomic E-state index is 0.191. The maximum Gasteiger partial charge on any atom is 0.152 e. The van der Waals surface area contributed by atoms with E-state index in [0.29, 0.717) is 5.82 Å². The fourth-order valence-electron chi connectivity index (χ4n) is 3.10. The Bertz CT molecular complexity index is 840. The highest BCUT2D eigenvalue weighted by atomic mass is 15.3. The fraction of sp³-hybridized carbons (Fsp3) is 0.474. The lowest BCUT2D eigenvalue weighted by Crippen LogP contribution is -2.14. The van der Waals surface area contributed by atoms with Crippen LogP contribution in [0.4, 0.5) is 5.82 Å². The average molecular weight is 310 g/mol. The average Bonchev–Trinajstić information content (AvgIpc) is 2.83. The van der Waals surface area contributed by atoms with Crippen LogP contribution in [-0.4, -0.2) is 14.8 Å². The maximum absolute atomic E-state index is 6.21. The molecule has 0 amide bonds. The van der Waals surface area contributed by atoms with Crippen LogP contribution in [0.1, 0.15) is 46.2 Å².